The molecular formula is C15H24N4O. The summed E-state index contributed by atoms with van der Waals surface area (Å²) < 4.78 is 5.15. The predicted molar refractivity (Wildman–Crippen MR) is 79.2 cm³/mol. The van der Waals surface area contributed by atoms with E-state index in [4.69, 9.17) is 4.74 Å². The number of methoxy groups -OCH3 is 1. The van der Waals surface area contributed by atoms with Crippen LogP contribution in [0.3, 0.4) is 0 Å². The summed E-state index contributed by atoms with van der Waals surface area (Å²) in [7, 11) is 1.64. The summed E-state index contributed by atoms with van der Waals surface area (Å²) in [4.78, 5) is 13.7. The van der Waals surface area contributed by atoms with Crippen LogP contribution in [-0.4, -0.2) is 54.2 Å². The number of rotatable bonds is 3. The van der Waals surface area contributed by atoms with Crippen LogP contribution in [0.2, 0.25) is 0 Å². The lowest BCUT2D eigenvalue weighted by molar-refractivity contribution is 0.141. The summed E-state index contributed by atoms with van der Waals surface area (Å²) in [5.41, 5.74) is 0. The molecule has 1 aromatic heterocycles. The first-order valence-corrected chi connectivity index (χ1v) is 7.72. The van der Waals surface area contributed by atoms with Gasteiger partial charge in [-0.15, -0.1) is 0 Å². The third kappa shape index (κ3) is 3.03. The van der Waals surface area contributed by atoms with Crippen molar-refractivity contribution < 1.29 is 4.74 Å². The number of ether oxygens (including phenoxy) is 1. The topological polar surface area (TPSA) is 41.5 Å². The molecule has 0 unspecified atom stereocenters. The molecule has 0 amide bonds. The second-order valence-electron chi connectivity index (χ2n) is 5.73. The molecule has 2 aliphatic heterocycles. The Balaban J connectivity index is 1.57. The molecule has 0 spiro atoms. The van der Waals surface area contributed by atoms with Gasteiger partial charge in [0.2, 0.25) is 5.88 Å². The van der Waals surface area contributed by atoms with Gasteiger partial charge in [-0.25, -0.2) is 0 Å². The van der Waals surface area contributed by atoms with Crippen LogP contribution in [-0.2, 0) is 0 Å². The van der Waals surface area contributed by atoms with Crippen molar-refractivity contribution >= 4 is 5.82 Å². The molecule has 3 rings (SSSR count). The minimum atomic E-state index is 0.598. The van der Waals surface area contributed by atoms with Gasteiger partial charge in [0.05, 0.1) is 19.5 Å². The molecule has 0 atom stereocenters. The molecule has 0 radical (unpaired) electrons. The van der Waals surface area contributed by atoms with Gasteiger partial charge >= 0.3 is 0 Å². The van der Waals surface area contributed by atoms with Crippen LogP contribution < -0.4 is 9.64 Å². The number of piperidine rings is 2. The maximum absolute atomic E-state index is 5.15. The highest BCUT2D eigenvalue weighted by molar-refractivity contribution is 5.38. The van der Waals surface area contributed by atoms with Crippen molar-refractivity contribution in [1.29, 1.82) is 0 Å². The molecule has 2 saturated heterocycles. The van der Waals surface area contributed by atoms with Crippen molar-refractivity contribution in [3.05, 3.63) is 12.4 Å². The second kappa shape index (κ2) is 6.39. The molecule has 3 heterocycles. The van der Waals surface area contributed by atoms with Gasteiger partial charge in [0, 0.05) is 19.1 Å². The average molecular weight is 276 g/mol. The minimum absolute atomic E-state index is 0.598. The Kier molecular flexibility index (Phi) is 4.35. The van der Waals surface area contributed by atoms with Gasteiger partial charge in [0.1, 0.15) is 0 Å². The van der Waals surface area contributed by atoms with E-state index in [0.717, 1.165) is 24.9 Å². The van der Waals surface area contributed by atoms with E-state index in [1.807, 2.05) is 6.20 Å². The average Bonchev–Trinajstić information content (AvgIpc) is 2.56. The number of hydrogen-bond acceptors (Lipinski definition) is 5. The summed E-state index contributed by atoms with van der Waals surface area (Å²) in [6.45, 7) is 4.74. The van der Waals surface area contributed by atoms with Crippen LogP contribution in [0.1, 0.15) is 32.1 Å². The first-order chi connectivity index (χ1) is 9.86. The van der Waals surface area contributed by atoms with Crippen molar-refractivity contribution in [3.8, 4) is 5.88 Å². The minimum Gasteiger partial charge on any atom is -0.480 e. The fourth-order valence-electron chi connectivity index (χ4n) is 3.33. The number of aromatic nitrogens is 2. The summed E-state index contributed by atoms with van der Waals surface area (Å²) in [6.07, 6.45) is 10.1. The third-order valence-corrected chi connectivity index (χ3v) is 4.50. The quantitative estimate of drug-likeness (QED) is 0.844. The van der Waals surface area contributed by atoms with E-state index in [9.17, 15) is 0 Å². The molecular weight excluding hydrogens is 252 g/mol. The van der Waals surface area contributed by atoms with Crippen LogP contribution in [0.25, 0.3) is 0 Å². The maximum atomic E-state index is 5.15. The van der Waals surface area contributed by atoms with E-state index in [-0.39, 0.29) is 0 Å². The number of likely N-dealkylation sites (tertiary alicyclic amines) is 1. The van der Waals surface area contributed by atoms with Gasteiger partial charge in [-0.3, -0.25) is 4.98 Å². The summed E-state index contributed by atoms with van der Waals surface area (Å²) in [5, 5.41) is 0. The third-order valence-electron chi connectivity index (χ3n) is 4.50. The summed E-state index contributed by atoms with van der Waals surface area (Å²) in [5.74, 6) is 1.54. The highest BCUT2D eigenvalue weighted by atomic mass is 16.5. The smallest absolute Gasteiger partial charge is 0.233 e. The Bertz CT molecular complexity index is 426. The molecule has 0 saturated carbocycles. The zero-order valence-electron chi connectivity index (χ0n) is 12.3. The van der Waals surface area contributed by atoms with Crippen LogP contribution in [0, 0.1) is 0 Å². The largest absolute Gasteiger partial charge is 0.480 e. The Labute approximate surface area is 121 Å². The van der Waals surface area contributed by atoms with Crippen LogP contribution in [0.15, 0.2) is 12.4 Å². The van der Waals surface area contributed by atoms with Gasteiger partial charge in [-0.2, -0.15) is 4.98 Å². The van der Waals surface area contributed by atoms with E-state index in [2.05, 4.69) is 19.8 Å². The van der Waals surface area contributed by atoms with E-state index >= 15 is 0 Å². The number of anilines is 1. The molecule has 0 aromatic carbocycles. The van der Waals surface area contributed by atoms with Gasteiger partial charge in [-0.05, 0) is 38.8 Å². The Hall–Kier alpha value is -1.36. The molecule has 110 valence electrons. The fraction of sp³-hybridized carbons (Fsp3) is 0.733. The molecule has 5 nitrogen and oxygen atoms in total. The highest BCUT2D eigenvalue weighted by Gasteiger charge is 2.26. The Morgan fingerprint density at radius 1 is 1.05 bits per heavy atom. The van der Waals surface area contributed by atoms with Crippen molar-refractivity contribution in [2.75, 3.05) is 38.2 Å². The molecule has 1 aromatic rings. The zero-order chi connectivity index (χ0) is 13.8. The van der Waals surface area contributed by atoms with Gasteiger partial charge < -0.3 is 14.5 Å². The fourth-order valence-corrected chi connectivity index (χ4v) is 3.33. The highest BCUT2D eigenvalue weighted by Crippen LogP contribution is 2.24. The monoisotopic (exact) mass is 276 g/mol. The maximum Gasteiger partial charge on any atom is 0.233 e. The Morgan fingerprint density at radius 3 is 2.50 bits per heavy atom. The van der Waals surface area contributed by atoms with Crippen LogP contribution in [0.5, 0.6) is 5.88 Å². The van der Waals surface area contributed by atoms with Crippen molar-refractivity contribution in [2.45, 2.75) is 38.1 Å². The summed E-state index contributed by atoms with van der Waals surface area (Å²) in [6, 6.07) is 0.769. The van der Waals surface area contributed by atoms with Crippen molar-refractivity contribution in [2.24, 2.45) is 0 Å². The standard InChI is InChI=1S/C15H24N4O/c1-20-15-12-16-11-14(17-15)19-9-5-13(6-10-19)18-7-3-2-4-8-18/h11-13H,2-10H2,1H3. The second-order valence-corrected chi connectivity index (χ2v) is 5.73. The van der Waals surface area contributed by atoms with Gasteiger partial charge in [-0.1, -0.05) is 6.42 Å². The lowest BCUT2D eigenvalue weighted by atomic mass is 10.00. The first-order valence-electron chi connectivity index (χ1n) is 7.72. The van der Waals surface area contributed by atoms with E-state index in [1.54, 1.807) is 13.3 Å². The van der Waals surface area contributed by atoms with Gasteiger partial charge in [0.15, 0.2) is 5.82 Å². The van der Waals surface area contributed by atoms with E-state index in [1.165, 1.54) is 45.2 Å². The first kappa shape index (κ1) is 13.6. The van der Waals surface area contributed by atoms with Crippen LogP contribution >= 0.6 is 0 Å². The molecule has 2 aliphatic rings. The molecule has 2 fully saturated rings. The van der Waals surface area contributed by atoms with Crippen molar-refractivity contribution in [3.63, 3.8) is 0 Å². The number of hydrogen-bond donors (Lipinski definition) is 0. The molecule has 0 N–H and O–H groups in total. The number of nitrogens with zero attached hydrogens (tertiary/aromatic N) is 4. The van der Waals surface area contributed by atoms with E-state index < -0.39 is 0 Å². The normalized spacial score (nSPS) is 21.9. The Morgan fingerprint density at radius 2 is 1.80 bits per heavy atom. The van der Waals surface area contributed by atoms with Crippen LogP contribution in [0.4, 0.5) is 5.82 Å². The van der Waals surface area contributed by atoms with E-state index in [0.29, 0.717) is 5.88 Å². The molecule has 5 heteroatoms. The molecule has 20 heavy (non-hydrogen) atoms. The zero-order valence-corrected chi connectivity index (χ0v) is 12.3. The summed E-state index contributed by atoms with van der Waals surface area (Å²) >= 11 is 0. The lowest BCUT2D eigenvalue weighted by Gasteiger charge is -2.40. The predicted octanol–water partition coefficient (Wildman–Crippen LogP) is 1.94. The van der Waals surface area contributed by atoms with Crippen molar-refractivity contribution in [1.82, 2.24) is 14.9 Å². The molecule has 0 bridgehead atoms. The molecule has 0 aliphatic carbocycles. The lowest BCUT2D eigenvalue weighted by Crippen LogP contribution is -2.46. The van der Waals surface area contributed by atoms with Gasteiger partial charge in [0.25, 0.3) is 0 Å². The SMILES string of the molecule is COc1cncc(N2CCC(N3CCCCC3)CC2)n1.